The Hall–Kier alpha value is -0.860. The lowest BCUT2D eigenvalue weighted by Crippen LogP contribution is -1.94. The average molecular weight is 298 g/mol. The second kappa shape index (κ2) is 15.5. The lowest BCUT2D eigenvalue weighted by molar-refractivity contribution is -0.151. The minimum Gasteiger partial charge on any atom is -0.393 e. The summed E-state index contributed by atoms with van der Waals surface area (Å²) in [5.74, 6) is -0.796. The van der Waals surface area contributed by atoms with Crippen molar-refractivity contribution in [2.45, 2.75) is 104 Å². The molecule has 21 heavy (non-hydrogen) atoms. The first-order valence-corrected chi connectivity index (χ1v) is 8.94. The Kier molecular flexibility index (Phi) is 14.9. The second-order valence-electron chi connectivity index (χ2n) is 5.88. The highest BCUT2D eigenvalue weighted by Gasteiger charge is 2.19. The van der Waals surface area contributed by atoms with Crippen LogP contribution in [0, 0.1) is 0 Å². The largest absolute Gasteiger partial charge is 0.393 e. The van der Waals surface area contributed by atoms with Gasteiger partial charge in [-0.05, 0) is 0 Å². The second-order valence-corrected chi connectivity index (χ2v) is 5.88. The summed E-state index contributed by atoms with van der Waals surface area (Å²) in [7, 11) is 0. The van der Waals surface area contributed by atoms with Gasteiger partial charge in [-0.3, -0.25) is 9.59 Å². The summed E-state index contributed by atoms with van der Waals surface area (Å²) in [5, 5.41) is 0. The number of hydrogen-bond donors (Lipinski definition) is 0. The molecule has 0 spiro atoms. The quantitative estimate of drug-likeness (QED) is 0.285. The first kappa shape index (κ1) is 20.1. The average Bonchev–Trinajstić information content (AvgIpc) is 2.85. The zero-order valence-corrected chi connectivity index (χ0v) is 14.1. The monoisotopic (exact) mass is 298 g/mol. The van der Waals surface area contributed by atoms with Crippen LogP contribution in [-0.2, 0) is 14.3 Å². The molecule has 0 atom stereocenters. The van der Waals surface area contributed by atoms with Crippen molar-refractivity contribution >= 4 is 11.9 Å². The van der Waals surface area contributed by atoms with Gasteiger partial charge < -0.3 is 4.74 Å². The first-order valence-electron chi connectivity index (χ1n) is 8.94. The summed E-state index contributed by atoms with van der Waals surface area (Å²) >= 11 is 0. The van der Waals surface area contributed by atoms with Crippen LogP contribution in [0.4, 0.5) is 0 Å². The number of carbonyl (C=O) groups excluding carboxylic acids is 2. The van der Waals surface area contributed by atoms with E-state index in [0.29, 0.717) is 0 Å². The molecule has 1 rings (SSSR count). The molecule has 0 unspecified atom stereocenters. The molecule has 1 aliphatic heterocycles. The van der Waals surface area contributed by atoms with Crippen molar-refractivity contribution in [2.75, 3.05) is 0 Å². The molecule has 0 N–H and O–H groups in total. The van der Waals surface area contributed by atoms with E-state index in [1.165, 1.54) is 77.0 Å². The third-order valence-corrected chi connectivity index (χ3v) is 3.72. The number of rotatable bonds is 11. The predicted molar refractivity (Wildman–Crippen MR) is 87.1 cm³/mol. The molecule has 0 saturated carbocycles. The van der Waals surface area contributed by atoms with E-state index in [1.807, 2.05) is 0 Å². The maximum atomic E-state index is 10.0. The van der Waals surface area contributed by atoms with Crippen LogP contribution in [0.15, 0.2) is 0 Å². The van der Waals surface area contributed by atoms with Crippen molar-refractivity contribution in [1.29, 1.82) is 0 Å². The zero-order valence-electron chi connectivity index (χ0n) is 14.1. The van der Waals surface area contributed by atoms with Crippen LogP contribution in [-0.4, -0.2) is 11.9 Å². The van der Waals surface area contributed by atoms with Gasteiger partial charge in [0.2, 0.25) is 0 Å². The summed E-state index contributed by atoms with van der Waals surface area (Å²) in [6.07, 6.45) is 18.0. The van der Waals surface area contributed by atoms with Gasteiger partial charge in [0.15, 0.2) is 0 Å². The fraction of sp³-hybridized carbons (Fsp3) is 0.889. The topological polar surface area (TPSA) is 43.4 Å². The molecule has 0 radical (unpaired) electrons. The summed E-state index contributed by atoms with van der Waals surface area (Å²) < 4.78 is 4.08. The van der Waals surface area contributed by atoms with Gasteiger partial charge in [-0.1, -0.05) is 90.9 Å². The predicted octanol–water partition coefficient (Wildman–Crippen LogP) is 5.56. The molecule has 1 saturated heterocycles. The van der Waals surface area contributed by atoms with Gasteiger partial charge in [0.25, 0.3) is 0 Å². The van der Waals surface area contributed by atoms with Gasteiger partial charge in [-0.15, -0.1) is 0 Å². The Morgan fingerprint density at radius 2 is 0.905 bits per heavy atom. The standard InChI is InChI=1S/C14H30.C4H4O3/c1-3-5-7-9-11-13-14-12-10-8-6-4-2;5-3-1-2-4(6)7-3/h3-14H2,1-2H3;1-2H2. The van der Waals surface area contributed by atoms with Crippen molar-refractivity contribution < 1.29 is 14.3 Å². The smallest absolute Gasteiger partial charge is 0.314 e. The third-order valence-electron chi connectivity index (χ3n) is 3.72. The summed E-state index contributed by atoms with van der Waals surface area (Å²) in [4.78, 5) is 20.0. The van der Waals surface area contributed by atoms with E-state index in [-0.39, 0.29) is 12.8 Å². The molecule has 0 aliphatic carbocycles. The Bertz CT molecular complexity index is 235. The van der Waals surface area contributed by atoms with E-state index in [1.54, 1.807) is 0 Å². The lowest BCUT2D eigenvalue weighted by atomic mass is 10.1. The fourth-order valence-corrected chi connectivity index (χ4v) is 2.35. The molecule has 0 aromatic heterocycles. The molecular weight excluding hydrogens is 264 g/mol. The van der Waals surface area contributed by atoms with Crippen LogP contribution in [0.5, 0.6) is 0 Å². The number of cyclic esters (lactones) is 2. The number of esters is 2. The van der Waals surface area contributed by atoms with Gasteiger partial charge >= 0.3 is 11.9 Å². The molecule has 124 valence electrons. The summed E-state index contributed by atoms with van der Waals surface area (Å²) in [5.41, 5.74) is 0. The molecule has 0 aromatic carbocycles. The lowest BCUT2D eigenvalue weighted by Gasteiger charge is -2.01. The van der Waals surface area contributed by atoms with Gasteiger partial charge in [0.1, 0.15) is 0 Å². The molecule has 0 bridgehead atoms. The zero-order chi connectivity index (χ0) is 15.8. The Morgan fingerprint density at radius 1 is 0.619 bits per heavy atom. The van der Waals surface area contributed by atoms with E-state index in [4.69, 9.17) is 0 Å². The van der Waals surface area contributed by atoms with E-state index in [9.17, 15) is 9.59 Å². The molecule has 1 fully saturated rings. The van der Waals surface area contributed by atoms with Crippen LogP contribution >= 0.6 is 0 Å². The molecule has 0 amide bonds. The molecule has 1 aliphatic rings. The Labute approximate surface area is 130 Å². The maximum absolute atomic E-state index is 10.0. The highest BCUT2D eigenvalue weighted by Crippen LogP contribution is 2.11. The van der Waals surface area contributed by atoms with Gasteiger partial charge in [-0.2, -0.15) is 0 Å². The maximum Gasteiger partial charge on any atom is 0.314 e. The van der Waals surface area contributed by atoms with Crippen LogP contribution in [0.25, 0.3) is 0 Å². The third kappa shape index (κ3) is 15.3. The Morgan fingerprint density at radius 3 is 1.10 bits per heavy atom. The van der Waals surface area contributed by atoms with E-state index < -0.39 is 11.9 Å². The molecular formula is C18H34O3. The molecule has 3 heteroatoms. The minimum atomic E-state index is -0.398. The molecule has 0 aromatic rings. The molecule has 1 heterocycles. The van der Waals surface area contributed by atoms with Gasteiger partial charge in [0, 0.05) is 0 Å². The first-order chi connectivity index (χ1) is 10.2. The fourth-order valence-electron chi connectivity index (χ4n) is 2.35. The van der Waals surface area contributed by atoms with Crippen molar-refractivity contribution in [1.82, 2.24) is 0 Å². The van der Waals surface area contributed by atoms with Crippen molar-refractivity contribution in [3.05, 3.63) is 0 Å². The summed E-state index contributed by atoms with van der Waals surface area (Å²) in [6, 6.07) is 0. The van der Waals surface area contributed by atoms with Gasteiger partial charge in [0.05, 0.1) is 12.8 Å². The van der Waals surface area contributed by atoms with Gasteiger partial charge in [-0.25, -0.2) is 0 Å². The normalized spacial score (nSPS) is 13.8. The van der Waals surface area contributed by atoms with Crippen molar-refractivity contribution in [3.63, 3.8) is 0 Å². The highest BCUT2D eigenvalue weighted by atomic mass is 16.6. The number of hydrogen-bond acceptors (Lipinski definition) is 3. The number of carbonyl (C=O) groups is 2. The van der Waals surface area contributed by atoms with E-state index >= 15 is 0 Å². The van der Waals surface area contributed by atoms with E-state index in [2.05, 4.69) is 18.6 Å². The summed E-state index contributed by atoms with van der Waals surface area (Å²) in [6.45, 7) is 4.57. The number of ether oxygens (including phenoxy) is 1. The van der Waals surface area contributed by atoms with Crippen LogP contribution in [0.1, 0.15) is 104 Å². The number of unbranched alkanes of at least 4 members (excludes halogenated alkanes) is 11. The van der Waals surface area contributed by atoms with E-state index in [0.717, 1.165) is 0 Å². The Balaban J connectivity index is 0.000000471. The van der Waals surface area contributed by atoms with Crippen LogP contribution in [0.3, 0.4) is 0 Å². The highest BCUT2D eigenvalue weighted by molar-refractivity contribution is 5.92. The minimum absolute atomic E-state index is 0.263. The van der Waals surface area contributed by atoms with Crippen LogP contribution < -0.4 is 0 Å². The van der Waals surface area contributed by atoms with Crippen molar-refractivity contribution in [3.8, 4) is 0 Å². The molecule has 3 nitrogen and oxygen atoms in total. The van der Waals surface area contributed by atoms with Crippen molar-refractivity contribution in [2.24, 2.45) is 0 Å². The SMILES string of the molecule is CCCCCCCCCCCCCC.O=C1CCC(=O)O1. The van der Waals surface area contributed by atoms with Crippen LogP contribution in [0.2, 0.25) is 0 Å².